The summed E-state index contributed by atoms with van der Waals surface area (Å²) >= 11 is 0. The molecule has 1 saturated carbocycles. The van der Waals surface area contributed by atoms with Gasteiger partial charge in [-0.3, -0.25) is 0 Å². The minimum Gasteiger partial charge on any atom is -0.394 e. The molecule has 0 heterocycles. The number of hydrogen-bond acceptors (Lipinski definition) is 3. The van der Waals surface area contributed by atoms with Gasteiger partial charge >= 0.3 is 0 Å². The summed E-state index contributed by atoms with van der Waals surface area (Å²) in [7, 11) is 0. The first-order chi connectivity index (χ1) is 6.43. The maximum atomic E-state index is 8.45. The van der Waals surface area contributed by atoms with Crippen LogP contribution in [0.2, 0.25) is 0 Å². The highest BCUT2D eigenvalue weighted by Gasteiger charge is 2.12. The molecule has 1 N–H and O–H groups in total. The second-order valence-corrected chi connectivity index (χ2v) is 3.47. The van der Waals surface area contributed by atoms with E-state index < -0.39 is 0 Å². The molecule has 1 aliphatic carbocycles. The first-order valence-electron chi connectivity index (χ1n) is 5.23. The van der Waals surface area contributed by atoms with Crippen LogP contribution in [0, 0.1) is 0 Å². The van der Waals surface area contributed by atoms with E-state index in [-0.39, 0.29) is 6.61 Å². The molecule has 78 valence electrons. The standard InChI is InChI=1S/C10H20O3/c11-6-7-12-8-9-13-10-4-2-1-3-5-10/h10-11H,1-9H2. The molecule has 0 amide bonds. The molecule has 0 atom stereocenters. The summed E-state index contributed by atoms with van der Waals surface area (Å²) in [5, 5.41) is 8.45. The van der Waals surface area contributed by atoms with E-state index in [1.807, 2.05) is 0 Å². The lowest BCUT2D eigenvalue weighted by atomic mass is 9.98. The smallest absolute Gasteiger partial charge is 0.0704 e. The molecule has 1 fully saturated rings. The second kappa shape index (κ2) is 7.30. The Kier molecular flexibility index (Phi) is 6.15. The SMILES string of the molecule is OCCOCCOC1CCCCC1. The first kappa shape index (κ1) is 11.0. The lowest BCUT2D eigenvalue weighted by molar-refractivity contribution is -0.0154. The zero-order chi connectivity index (χ0) is 9.36. The third kappa shape index (κ3) is 5.24. The van der Waals surface area contributed by atoms with E-state index in [1.165, 1.54) is 32.1 Å². The lowest BCUT2D eigenvalue weighted by Gasteiger charge is -2.21. The number of ether oxygens (including phenoxy) is 2. The van der Waals surface area contributed by atoms with Crippen molar-refractivity contribution in [2.75, 3.05) is 26.4 Å². The van der Waals surface area contributed by atoms with E-state index in [1.54, 1.807) is 0 Å². The summed E-state index contributed by atoms with van der Waals surface area (Å²) in [5.41, 5.74) is 0. The minimum absolute atomic E-state index is 0.101. The molecule has 1 aliphatic rings. The van der Waals surface area contributed by atoms with Gasteiger partial charge in [0.15, 0.2) is 0 Å². The fourth-order valence-corrected chi connectivity index (χ4v) is 1.67. The molecule has 3 heteroatoms. The van der Waals surface area contributed by atoms with Crippen molar-refractivity contribution in [1.82, 2.24) is 0 Å². The van der Waals surface area contributed by atoms with Gasteiger partial charge in [0.1, 0.15) is 0 Å². The van der Waals surface area contributed by atoms with E-state index in [0.717, 1.165) is 0 Å². The Hall–Kier alpha value is -0.120. The van der Waals surface area contributed by atoms with Gasteiger partial charge in [-0.2, -0.15) is 0 Å². The van der Waals surface area contributed by atoms with E-state index in [2.05, 4.69) is 0 Å². The van der Waals surface area contributed by atoms with Crippen LogP contribution >= 0.6 is 0 Å². The Morgan fingerprint density at radius 3 is 2.46 bits per heavy atom. The summed E-state index contributed by atoms with van der Waals surface area (Å²) in [4.78, 5) is 0. The Morgan fingerprint density at radius 1 is 1.00 bits per heavy atom. The zero-order valence-electron chi connectivity index (χ0n) is 8.21. The Labute approximate surface area is 80.0 Å². The third-order valence-corrected chi connectivity index (χ3v) is 2.37. The highest BCUT2D eigenvalue weighted by atomic mass is 16.5. The van der Waals surface area contributed by atoms with Gasteiger partial charge in [-0.25, -0.2) is 0 Å². The van der Waals surface area contributed by atoms with Crippen LogP contribution in [0.1, 0.15) is 32.1 Å². The Morgan fingerprint density at radius 2 is 1.77 bits per heavy atom. The molecule has 0 radical (unpaired) electrons. The van der Waals surface area contributed by atoms with E-state index in [0.29, 0.717) is 25.9 Å². The van der Waals surface area contributed by atoms with Crippen LogP contribution in [0.25, 0.3) is 0 Å². The van der Waals surface area contributed by atoms with Crippen molar-refractivity contribution >= 4 is 0 Å². The summed E-state index contributed by atoms with van der Waals surface area (Å²) in [6, 6.07) is 0. The molecule has 0 aromatic carbocycles. The van der Waals surface area contributed by atoms with Crippen LogP contribution in [-0.2, 0) is 9.47 Å². The minimum atomic E-state index is 0.101. The normalized spacial score (nSPS) is 19.2. The molecule has 1 rings (SSSR count). The molecule has 3 nitrogen and oxygen atoms in total. The molecule has 0 aromatic rings. The molecule has 0 aromatic heterocycles. The van der Waals surface area contributed by atoms with Gasteiger partial charge in [0, 0.05) is 0 Å². The van der Waals surface area contributed by atoms with Crippen LogP contribution in [-0.4, -0.2) is 37.6 Å². The zero-order valence-corrected chi connectivity index (χ0v) is 8.21. The summed E-state index contributed by atoms with van der Waals surface area (Å²) in [5.74, 6) is 0. The van der Waals surface area contributed by atoms with Crippen LogP contribution in [0.3, 0.4) is 0 Å². The van der Waals surface area contributed by atoms with Gasteiger partial charge in [0.2, 0.25) is 0 Å². The number of rotatable bonds is 6. The molecule has 0 aliphatic heterocycles. The van der Waals surface area contributed by atoms with E-state index in [4.69, 9.17) is 14.6 Å². The molecular formula is C10H20O3. The van der Waals surface area contributed by atoms with Gasteiger partial charge < -0.3 is 14.6 Å². The van der Waals surface area contributed by atoms with Gasteiger partial charge in [0.05, 0.1) is 32.5 Å². The average molecular weight is 188 g/mol. The largest absolute Gasteiger partial charge is 0.394 e. The quantitative estimate of drug-likeness (QED) is 0.639. The number of aliphatic hydroxyl groups is 1. The summed E-state index contributed by atoms with van der Waals surface area (Å²) in [6.45, 7) is 1.80. The number of hydrogen-bond donors (Lipinski definition) is 1. The van der Waals surface area contributed by atoms with E-state index >= 15 is 0 Å². The lowest BCUT2D eigenvalue weighted by Crippen LogP contribution is -2.19. The first-order valence-corrected chi connectivity index (χ1v) is 5.23. The van der Waals surface area contributed by atoms with E-state index in [9.17, 15) is 0 Å². The van der Waals surface area contributed by atoms with Crippen LogP contribution < -0.4 is 0 Å². The second-order valence-electron chi connectivity index (χ2n) is 3.47. The number of aliphatic hydroxyl groups excluding tert-OH is 1. The van der Waals surface area contributed by atoms with Crippen molar-refractivity contribution in [3.63, 3.8) is 0 Å². The Balaban J connectivity index is 1.86. The summed E-state index contributed by atoms with van der Waals surface area (Å²) in [6.07, 6.45) is 6.86. The van der Waals surface area contributed by atoms with Crippen molar-refractivity contribution in [1.29, 1.82) is 0 Å². The van der Waals surface area contributed by atoms with Crippen LogP contribution in [0.15, 0.2) is 0 Å². The van der Waals surface area contributed by atoms with Gasteiger partial charge in [0.25, 0.3) is 0 Å². The maximum Gasteiger partial charge on any atom is 0.0704 e. The fraction of sp³-hybridized carbons (Fsp3) is 1.00. The van der Waals surface area contributed by atoms with Gasteiger partial charge in [-0.15, -0.1) is 0 Å². The topological polar surface area (TPSA) is 38.7 Å². The highest BCUT2D eigenvalue weighted by Crippen LogP contribution is 2.19. The molecular weight excluding hydrogens is 168 g/mol. The summed E-state index contributed by atoms with van der Waals surface area (Å²) < 4.78 is 10.7. The van der Waals surface area contributed by atoms with Crippen molar-refractivity contribution in [3.8, 4) is 0 Å². The van der Waals surface area contributed by atoms with Gasteiger partial charge in [-0.05, 0) is 12.8 Å². The highest BCUT2D eigenvalue weighted by molar-refractivity contribution is 4.64. The average Bonchev–Trinajstić information content (AvgIpc) is 2.19. The van der Waals surface area contributed by atoms with Gasteiger partial charge in [-0.1, -0.05) is 19.3 Å². The monoisotopic (exact) mass is 188 g/mol. The molecule has 0 spiro atoms. The van der Waals surface area contributed by atoms with Crippen molar-refractivity contribution < 1.29 is 14.6 Å². The Bertz CT molecular complexity index is 111. The molecule has 0 saturated heterocycles. The maximum absolute atomic E-state index is 8.45. The molecule has 0 bridgehead atoms. The predicted octanol–water partition coefficient (Wildman–Crippen LogP) is 1.34. The van der Waals surface area contributed by atoms with Crippen LogP contribution in [0.5, 0.6) is 0 Å². The van der Waals surface area contributed by atoms with Crippen LogP contribution in [0.4, 0.5) is 0 Å². The molecule has 0 unspecified atom stereocenters. The molecule has 13 heavy (non-hydrogen) atoms. The third-order valence-electron chi connectivity index (χ3n) is 2.37. The van der Waals surface area contributed by atoms with Crippen molar-refractivity contribution in [2.45, 2.75) is 38.2 Å². The van der Waals surface area contributed by atoms with Crippen molar-refractivity contribution in [2.24, 2.45) is 0 Å². The van der Waals surface area contributed by atoms with Crippen molar-refractivity contribution in [3.05, 3.63) is 0 Å². The fourth-order valence-electron chi connectivity index (χ4n) is 1.67. The predicted molar refractivity (Wildman–Crippen MR) is 50.7 cm³/mol.